The van der Waals surface area contributed by atoms with Crippen molar-refractivity contribution in [3.63, 3.8) is 0 Å². The molecule has 158 valence electrons. The van der Waals surface area contributed by atoms with E-state index in [9.17, 15) is 25.0 Å². The molecule has 1 N–H and O–H groups in total. The zero-order chi connectivity index (χ0) is 22.4. The normalized spacial score (nSPS) is 10.9. The van der Waals surface area contributed by atoms with Crippen LogP contribution in [0.3, 0.4) is 0 Å². The number of benzene rings is 2. The summed E-state index contributed by atoms with van der Waals surface area (Å²) in [6.45, 7) is 0. The highest BCUT2D eigenvalue weighted by Crippen LogP contribution is 2.25. The number of hydrogen-bond donors (Lipinski definition) is 1. The maximum atomic E-state index is 12.0. The maximum Gasteiger partial charge on any atom is 0.270 e. The summed E-state index contributed by atoms with van der Waals surface area (Å²) in [6.07, 6.45) is 1.30. The van der Waals surface area contributed by atoms with E-state index in [0.717, 1.165) is 11.8 Å². The van der Waals surface area contributed by atoms with Crippen molar-refractivity contribution >= 4 is 35.3 Å². The van der Waals surface area contributed by atoms with E-state index in [0.29, 0.717) is 22.1 Å². The van der Waals surface area contributed by atoms with Crippen molar-refractivity contribution in [1.82, 2.24) is 20.2 Å². The summed E-state index contributed by atoms with van der Waals surface area (Å²) in [7, 11) is 1.69. The van der Waals surface area contributed by atoms with Crippen LogP contribution in [0.4, 0.5) is 11.4 Å². The first-order chi connectivity index (χ1) is 14.8. The van der Waals surface area contributed by atoms with Gasteiger partial charge in [-0.05, 0) is 0 Å². The average Bonchev–Trinajstić information content (AvgIpc) is 3.13. The van der Waals surface area contributed by atoms with Crippen molar-refractivity contribution in [3.05, 3.63) is 74.3 Å². The minimum absolute atomic E-state index is 0.00676. The minimum Gasteiger partial charge on any atom is -0.305 e. The number of carbonyl (C=O) groups is 1. The van der Waals surface area contributed by atoms with Gasteiger partial charge in [-0.1, -0.05) is 36.0 Å². The molecule has 0 aliphatic heterocycles. The molecule has 0 aliphatic rings. The highest BCUT2D eigenvalue weighted by Gasteiger charge is 2.15. The van der Waals surface area contributed by atoms with E-state index in [1.165, 1.54) is 36.5 Å². The number of carbonyl (C=O) groups excluding carboxylic acids is 1. The van der Waals surface area contributed by atoms with Crippen LogP contribution in [0.2, 0.25) is 0 Å². The fraction of sp³-hybridized carbons (Fsp3) is 0.111. The van der Waals surface area contributed by atoms with Gasteiger partial charge in [0.1, 0.15) is 0 Å². The summed E-state index contributed by atoms with van der Waals surface area (Å²) >= 11 is 1.11. The number of hydrogen-bond acceptors (Lipinski definition) is 9. The highest BCUT2D eigenvalue weighted by molar-refractivity contribution is 7.99. The van der Waals surface area contributed by atoms with Gasteiger partial charge in [-0.3, -0.25) is 25.0 Å². The zero-order valence-electron chi connectivity index (χ0n) is 16.0. The Morgan fingerprint density at radius 1 is 1.13 bits per heavy atom. The van der Waals surface area contributed by atoms with E-state index in [2.05, 4.69) is 20.7 Å². The maximum absolute atomic E-state index is 12.0. The third-order valence-corrected chi connectivity index (χ3v) is 4.99. The molecule has 0 radical (unpaired) electrons. The van der Waals surface area contributed by atoms with Crippen molar-refractivity contribution in [1.29, 1.82) is 0 Å². The number of nitrogens with one attached hydrogen (secondary N) is 1. The van der Waals surface area contributed by atoms with Crippen LogP contribution in [-0.4, -0.2) is 42.5 Å². The smallest absolute Gasteiger partial charge is 0.270 e. The molecule has 1 aromatic heterocycles. The Morgan fingerprint density at radius 2 is 1.81 bits per heavy atom. The molecule has 3 rings (SSSR count). The molecule has 3 aromatic rings. The Hall–Kier alpha value is -4.13. The monoisotopic (exact) mass is 441 g/mol. The van der Waals surface area contributed by atoms with E-state index in [1.54, 1.807) is 29.8 Å². The molecule has 0 atom stereocenters. The van der Waals surface area contributed by atoms with E-state index >= 15 is 0 Å². The SMILES string of the molecule is Cn1c(SCC(=O)N/N=C/c2cccc([N+](=O)[O-])c2)nnc1-c1cccc([N+](=O)[O-])c1. The van der Waals surface area contributed by atoms with E-state index < -0.39 is 15.8 Å². The number of aromatic nitrogens is 3. The van der Waals surface area contributed by atoms with E-state index in [4.69, 9.17) is 0 Å². The number of nitro benzene ring substituents is 2. The fourth-order valence-corrected chi connectivity index (χ4v) is 3.21. The van der Waals surface area contributed by atoms with Crippen LogP contribution in [-0.2, 0) is 11.8 Å². The first kappa shape index (κ1) is 21.6. The van der Waals surface area contributed by atoms with Gasteiger partial charge in [0.05, 0.1) is 21.8 Å². The van der Waals surface area contributed by atoms with Crippen LogP contribution in [0.5, 0.6) is 0 Å². The van der Waals surface area contributed by atoms with Crippen molar-refractivity contribution in [3.8, 4) is 11.4 Å². The molecule has 0 aliphatic carbocycles. The minimum atomic E-state index is -0.518. The highest BCUT2D eigenvalue weighted by atomic mass is 32.2. The molecule has 0 bridgehead atoms. The third kappa shape index (κ3) is 5.48. The van der Waals surface area contributed by atoms with Crippen LogP contribution in [0.1, 0.15) is 5.56 Å². The zero-order valence-corrected chi connectivity index (χ0v) is 16.9. The molecule has 0 saturated carbocycles. The van der Waals surface area contributed by atoms with Crippen molar-refractivity contribution in [2.75, 3.05) is 5.75 Å². The van der Waals surface area contributed by atoms with Gasteiger partial charge in [0.2, 0.25) is 0 Å². The second kappa shape index (κ2) is 9.58. The summed E-state index contributed by atoms with van der Waals surface area (Å²) < 4.78 is 1.63. The van der Waals surface area contributed by atoms with Crippen LogP contribution < -0.4 is 5.43 Å². The fourth-order valence-electron chi connectivity index (χ4n) is 2.51. The van der Waals surface area contributed by atoms with Gasteiger partial charge in [0.15, 0.2) is 11.0 Å². The first-order valence-corrected chi connectivity index (χ1v) is 9.67. The summed E-state index contributed by atoms with van der Waals surface area (Å²) in [5.74, 6) is 0.00887. The molecule has 31 heavy (non-hydrogen) atoms. The van der Waals surface area contributed by atoms with Crippen molar-refractivity contribution in [2.24, 2.45) is 12.1 Å². The number of amides is 1. The molecular weight excluding hydrogens is 426 g/mol. The summed E-state index contributed by atoms with van der Waals surface area (Å²) in [6, 6.07) is 11.8. The van der Waals surface area contributed by atoms with E-state index in [-0.39, 0.29) is 17.1 Å². The topological polar surface area (TPSA) is 158 Å². The number of hydrazone groups is 1. The lowest BCUT2D eigenvalue weighted by Crippen LogP contribution is -2.19. The van der Waals surface area contributed by atoms with Crippen LogP contribution in [0.15, 0.2) is 58.8 Å². The molecule has 13 heteroatoms. The Bertz CT molecular complexity index is 1180. The van der Waals surface area contributed by atoms with Gasteiger partial charge >= 0.3 is 0 Å². The van der Waals surface area contributed by atoms with Gasteiger partial charge in [0, 0.05) is 42.4 Å². The van der Waals surface area contributed by atoms with Crippen LogP contribution >= 0.6 is 11.8 Å². The Labute approximate surface area is 179 Å². The molecule has 0 spiro atoms. The second-order valence-corrected chi connectivity index (χ2v) is 7.05. The first-order valence-electron chi connectivity index (χ1n) is 8.68. The van der Waals surface area contributed by atoms with Gasteiger partial charge in [-0.25, -0.2) is 5.43 Å². The predicted octanol–water partition coefficient (Wildman–Crippen LogP) is 2.54. The molecule has 0 saturated heterocycles. The Morgan fingerprint density at radius 3 is 2.52 bits per heavy atom. The van der Waals surface area contributed by atoms with Crippen LogP contribution in [0.25, 0.3) is 11.4 Å². The summed E-state index contributed by atoms with van der Waals surface area (Å²) in [4.78, 5) is 32.7. The average molecular weight is 441 g/mol. The molecule has 1 heterocycles. The van der Waals surface area contributed by atoms with E-state index in [1.807, 2.05) is 0 Å². The molecule has 12 nitrogen and oxygen atoms in total. The number of nitro groups is 2. The van der Waals surface area contributed by atoms with Gasteiger partial charge < -0.3 is 4.57 Å². The second-order valence-electron chi connectivity index (χ2n) is 6.11. The lowest BCUT2D eigenvalue weighted by molar-refractivity contribution is -0.385. The standard InChI is InChI=1S/C18H15N7O5S/c1-23-17(13-5-3-7-15(9-13)25(29)30)21-22-18(23)31-11-16(26)20-19-10-12-4-2-6-14(8-12)24(27)28/h2-10H,11H2,1H3,(H,20,26)/b19-10+. The van der Waals surface area contributed by atoms with Gasteiger partial charge in [-0.2, -0.15) is 5.10 Å². The lowest BCUT2D eigenvalue weighted by Gasteiger charge is -2.03. The number of thioether (sulfide) groups is 1. The summed E-state index contributed by atoms with van der Waals surface area (Å²) in [5, 5.41) is 34.0. The number of non-ortho nitro benzene ring substituents is 2. The number of rotatable bonds is 8. The van der Waals surface area contributed by atoms with Crippen molar-refractivity contribution in [2.45, 2.75) is 5.16 Å². The Kier molecular flexibility index (Phi) is 6.67. The third-order valence-electron chi connectivity index (χ3n) is 3.97. The predicted molar refractivity (Wildman–Crippen MR) is 113 cm³/mol. The van der Waals surface area contributed by atoms with Gasteiger partial charge in [-0.15, -0.1) is 10.2 Å². The quantitative estimate of drug-likeness (QED) is 0.242. The summed E-state index contributed by atoms with van der Waals surface area (Å²) in [5.41, 5.74) is 3.20. The lowest BCUT2D eigenvalue weighted by atomic mass is 10.2. The molecule has 2 aromatic carbocycles. The van der Waals surface area contributed by atoms with Crippen molar-refractivity contribution < 1.29 is 14.6 Å². The molecule has 1 amide bonds. The molecule has 0 fully saturated rings. The molecule has 0 unspecified atom stereocenters. The Balaban J connectivity index is 1.59. The number of nitrogens with zero attached hydrogens (tertiary/aromatic N) is 6. The largest absolute Gasteiger partial charge is 0.305 e. The van der Waals surface area contributed by atoms with Crippen LogP contribution in [0, 0.1) is 20.2 Å². The molecular formula is C18H15N7O5S. The van der Waals surface area contributed by atoms with Gasteiger partial charge in [0.25, 0.3) is 17.3 Å².